The summed E-state index contributed by atoms with van der Waals surface area (Å²) in [5, 5.41) is 12.1. The van der Waals surface area contributed by atoms with Crippen LogP contribution in [0.1, 0.15) is 25.8 Å². The van der Waals surface area contributed by atoms with Crippen LogP contribution in [0, 0.1) is 22.7 Å². The molecule has 1 heterocycles. The second-order valence-corrected chi connectivity index (χ2v) is 6.77. The molecule has 1 atom stereocenters. The van der Waals surface area contributed by atoms with E-state index < -0.39 is 0 Å². The minimum Gasteiger partial charge on any atom is -0.295 e. The number of nitrogens with zero attached hydrogens (tertiary/aromatic N) is 3. The van der Waals surface area contributed by atoms with Gasteiger partial charge in [0.15, 0.2) is 0 Å². The fourth-order valence-electron chi connectivity index (χ4n) is 2.93. The molecule has 1 saturated carbocycles. The van der Waals surface area contributed by atoms with Crippen molar-refractivity contribution in [2.24, 2.45) is 11.3 Å². The fourth-order valence-corrected chi connectivity index (χ4v) is 2.93. The van der Waals surface area contributed by atoms with Crippen molar-refractivity contribution in [3.05, 3.63) is 42.0 Å². The lowest BCUT2D eigenvalue weighted by Gasteiger charge is -2.14. The standard InChI is InChI=1S/C18H16N4O/c1-18(2)9-13(18)16(23)21-17-20-14-7-6-11(10-19)8-15(14)22(17)12-4-3-5-12/h3-8,13H,9H2,1-2H3,(H,20,21,23)/t13-/m1/s1. The molecular formula is C18H16N4O. The summed E-state index contributed by atoms with van der Waals surface area (Å²) in [6.07, 6.45) is 6.75. The summed E-state index contributed by atoms with van der Waals surface area (Å²) < 4.78 is 1.89. The van der Waals surface area contributed by atoms with E-state index >= 15 is 0 Å². The number of hydrogen-bond donors (Lipinski definition) is 1. The van der Waals surface area contributed by atoms with Gasteiger partial charge in [0.2, 0.25) is 11.9 Å². The number of hydrogen-bond acceptors (Lipinski definition) is 3. The highest BCUT2D eigenvalue weighted by atomic mass is 16.2. The summed E-state index contributed by atoms with van der Waals surface area (Å²) >= 11 is 0. The number of amides is 1. The van der Waals surface area contributed by atoms with Gasteiger partial charge in [-0.1, -0.05) is 19.9 Å². The highest BCUT2D eigenvalue weighted by Crippen LogP contribution is 2.52. The van der Waals surface area contributed by atoms with E-state index in [0.717, 1.165) is 23.2 Å². The van der Waals surface area contributed by atoms with E-state index in [1.165, 1.54) is 0 Å². The molecule has 0 unspecified atom stereocenters. The quantitative estimate of drug-likeness (QED) is 0.945. The van der Waals surface area contributed by atoms with Crippen LogP contribution in [0.2, 0.25) is 0 Å². The maximum absolute atomic E-state index is 12.4. The molecule has 0 bridgehead atoms. The van der Waals surface area contributed by atoms with Gasteiger partial charge in [0, 0.05) is 11.6 Å². The van der Waals surface area contributed by atoms with Gasteiger partial charge in [-0.25, -0.2) is 4.98 Å². The monoisotopic (exact) mass is 304 g/mol. The minimum absolute atomic E-state index is 0.0102. The second-order valence-electron chi connectivity index (χ2n) is 6.77. The van der Waals surface area contributed by atoms with E-state index in [2.05, 4.69) is 30.2 Å². The van der Waals surface area contributed by atoms with Crippen molar-refractivity contribution in [1.82, 2.24) is 9.55 Å². The summed E-state index contributed by atoms with van der Waals surface area (Å²) in [4.78, 5) is 17.0. The van der Waals surface area contributed by atoms with Crippen LogP contribution < -0.4 is 5.32 Å². The molecule has 114 valence electrons. The Morgan fingerprint density at radius 2 is 2.22 bits per heavy atom. The first-order valence-corrected chi connectivity index (χ1v) is 7.62. The van der Waals surface area contributed by atoms with Crippen molar-refractivity contribution in [3.8, 4) is 6.07 Å². The second kappa shape index (κ2) is 4.56. The van der Waals surface area contributed by atoms with Gasteiger partial charge >= 0.3 is 0 Å². The number of nitrogens with one attached hydrogen (secondary N) is 1. The predicted octanol–water partition coefficient (Wildman–Crippen LogP) is 3.30. The average Bonchev–Trinajstić information content (AvgIpc) is 2.98. The normalized spacial score (nSPS) is 20.6. The highest BCUT2D eigenvalue weighted by Gasteiger charge is 2.50. The number of benzene rings is 1. The fraction of sp³-hybridized carbons (Fsp3) is 0.278. The van der Waals surface area contributed by atoms with Gasteiger partial charge in [-0.05, 0) is 42.2 Å². The first-order valence-electron chi connectivity index (χ1n) is 7.62. The maximum Gasteiger partial charge on any atom is 0.230 e. The molecule has 0 saturated heterocycles. The van der Waals surface area contributed by atoms with Crippen molar-refractivity contribution in [1.29, 1.82) is 5.26 Å². The smallest absolute Gasteiger partial charge is 0.230 e. The number of rotatable bonds is 3. The van der Waals surface area contributed by atoms with Crippen molar-refractivity contribution >= 4 is 28.6 Å². The molecule has 23 heavy (non-hydrogen) atoms. The van der Waals surface area contributed by atoms with Crippen LogP contribution in [0.4, 0.5) is 5.95 Å². The molecule has 5 nitrogen and oxygen atoms in total. The Bertz CT molecular complexity index is 940. The Hall–Kier alpha value is -2.87. The zero-order valence-corrected chi connectivity index (χ0v) is 13.0. The SMILES string of the molecule is CC1(C)C[C@@H]1C(=O)Nc1nc2ccc(C#N)cc2n1C1=CC=C1. The van der Waals surface area contributed by atoms with Crippen LogP contribution in [0.15, 0.2) is 36.4 Å². The molecule has 1 aromatic heterocycles. The van der Waals surface area contributed by atoms with E-state index in [0.29, 0.717) is 11.5 Å². The first kappa shape index (κ1) is 13.8. The molecule has 4 rings (SSSR count). The molecule has 2 aliphatic carbocycles. The third-order valence-corrected chi connectivity index (χ3v) is 4.64. The third kappa shape index (κ3) is 2.15. The van der Waals surface area contributed by atoms with Crippen molar-refractivity contribution in [2.45, 2.75) is 20.3 Å². The lowest BCUT2D eigenvalue weighted by molar-refractivity contribution is -0.118. The zero-order chi connectivity index (χ0) is 16.2. The molecule has 0 spiro atoms. The Morgan fingerprint density at radius 3 is 2.78 bits per heavy atom. The van der Waals surface area contributed by atoms with Gasteiger partial charge in [0.1, 0.15) is 0 Å². The van der Waals surface area contributed by atoms with E-state index in [1.54, 1.807) is 12.1 Å². The average molecular weight is 304 g/mol. The van der Waals surface area contributed by atoms with Crippen molar-refractivity contribution < 1.29 is 4.79 Å². The predicted molar refractivity (Wildman–Crippen MR) is 88.4 cm³/mol. The molecule has 1 amide bonds. The lowest BCUT2D eigenvalue weighted by Crippen LogP contribution is -2.19. The van der Waals surface area contributed by atoms with E-state index in [9.17, 15) is 4.79 Å². The number of nitriles is 1. The summed E-state index contributed by atoms with van der Waals surface area (Å²) in [7, 11) is 0. The van der Waals surface area contributed by atoms with Gasteiger partial charge < -0.3 is 0 Å². The molecular weight excluding hydrogens is 288 g/mol. The number of carbonyl (C=O) groups is 1. The Balaban J connectivity index is 1.77. The van der Waals surface area contributed by atoms with Crippen LogP contribution in [0.3, 0.4) is 0 Å². The molecule has 1 fully saturated rings. The largest absolute Gasteiger partial charge is 0.295 e. The summed E-state index contributed by atoms with van der Waals surface area (Å²) in [5.41, 5.74) is 3.18. The Morgan fingerprint density at radius 1 is 1.48 bits per heavy atom. The Labute approximate surface area is 133 Å². The molecule has 2 aliphatic rings. The molecule has 2 aromatic rings. The zero-order valence-electron chi connectivity index (χ0n) is 13.0. The van der Waals surface area contributed by atoms with Gasteiger partial charge in [-0.3, -0.25) is 14.7 Å². The number of carbonyl (C=O) groups excluding carboxylic acids is 1. The van der Waals surface area contributed by atoms with Crippen LogP contribution in [0.25, 0.3) is 16.7 Å². The molecule has 0 radical (unpaired) electrons. The van der Waals surface area contributed by atoms with Crippen molar-refractivity contribution in [2.75, 3.05) is 5.32 Å². The van der Waals surface area contributed by atoms with Crippen LogP contribution >= 0.6 is 0 Å². The topological polar surface area (TPSA) is 70.7 Å². The van der Waals surface area contributed by atoms with E-state index in [4.69, 9.17) is 5.26 Å². The number of allylic oxidation sites excluding steroid dienone is 4. The van der Waals surface area contributed by atoms with Crippen LogP contribution in [-0.4, -0.2) is 15.5 Å². The first-order chi connectivity index (χ1) is 11.0. The number of imidazole rings is 1. The van der Waals surface area contributed by atoms with Gasteiger partial charge in [-0.15, -0.1) is 0 Å². The van der Waals surface area contributed by atoms with Crippen LogP contribution in [0.5, 0.6) is 0 Å². The lowest BCUT2D eigenvalue weighted by atomic mass is 10.1. The summed E-state index contributed by atoms with van der Waals surface area (Å²) in [6.45, 7) is 4.19. The van der Waals surface area contributed by atoms with Crippen LogP contribution in [-0.2, 0) is 4.79 Å². The van der Waals surface area contributed by atoms with Crippen molar-refractivity contribution in [3.63, 3.8) is 0 Å². The van der Waals surface area contributed by atoms with Gasteiger partial charge in [-0.2, -0.15) is 5.26 Å². The number of aromatic nitrogens is 2. The van der Waals surface area contributed by atoms with E-state index in [-0.39, 0.29) is 17.2 Å². The third-order valence-electron chi connectivity index (χ3n) is 4.64. The molecule has 0 aliphatic heterocycles. The summed E-state index contributed by atoms with van der Waals surface area (Å²) in [5.74, 6) is 0.561. The highest BCUT2D eigenvalue weighted by molar-refractivity contribution is 5.97. The van der Waals surface area contributed by atoms with E-state index in [1.807, 2.05) is 28.9 Å². The molecule has 5 heteroatoms. The van der Waals surface area contributed by atoms with Gasteiger partial charge in [0.05, 0.1) is 22.7 Å². The number of anilines is 1. The maximum atomic E-state index is 12.4. The Kier molecular flexibility index (Phi) is 2.73. The molecule has 1 aromatic carbocycles. The number of fused-ring (bicyclic) bond motifs is 1. The summed E-state index contributed by atoms with van der Waals surface area (Å²) in [6, 6.07) is 7.49. The minimum atomic E-state index is 0.0102. The van der Waals surface area contributed by atoms with Gasteiger partial charge in [0.25, 0.3) is 0 Å². The molecule has 1 N–H and O–H groups in total.